The average molecular weight is 162 g/mol. The first-order valence-corrected chi connectivity index (χ1v) is 3.62. The summed E-state index contributed by atoms with van der Waals surface area (Å²) in [5, 5.41) is 8.43. The van der Waals surface area contributed by atoms with Gasteiger partial charge in [-0.25, -0.2) is 0 Å². The van der Waals surface area contributed by atoms with Crippen molar-refractivity contribution in [1.29, 1.82) is 0 Å². The van der Waals surface area contributed by atoms with Gasteiger partial charge in [-0.05, 0) is 6.92 Å². The van der Waals surface area contributed by atoms with Crippen molar-refractivity contribution in [3.05, 3.63) is 0 Å². The fourth-order valence-corrected chi connectivity index (χ4v) is 0.738. The highest BCUT2D eigenvalue weighted by molar-refractivity contribution is 7.19. The number of hydrogen-bond donors (Lipinski definition) is 1. The highest BCUT2D eigenvalue weighted by Gasteiger charge is 2.22. The zero-order chi connectivity index (χ0) is 8.31. The van der Waals surface area contributed by atoms with E-state index in [0.717, 1.165) is 0 Å². The first kappa shape index (κ1) is 9.57. The maximum Gasteiger partial charge on any atom is 0.311 e. The Kier molecular flexibility index (Phi) is 3.51. The normalized spacial score (nSPS) is 15.9. The number of carboxylic acid groups (broad SMARTS) is 1. The van der Waals surface area contributed by atoms with E-state index in [1.165, 1.54) is 6.92 Å². The lowest BCUT2D eigenvalue weighted by Crippen LogP contribution is -2.26. The fourth-order valence-electron chi connectivity index (χ4n) is 0.467. The Morgan fingerprint density at radius 3 is 2.00 bits per heavy atom. The van der Waals surface area contributed by atoms with Gasteiger partial charge in [-0.1, -0.05) is 6.92 Å². The lowest BCUT2D eigenvalue weighted by molar-refractivity contribution is -0.139. The summed E-state index contributed by atoms with van der Waals surface area (Å²) in [6.45, 7) is 3.00. The Morgan fingerprint density at radius 2 is 1.90 bits per heavy atom. The first-order chi connectivity index (χ1) is 4.46. The van der Waals surface area contributed by atoms with Crippen LogP contribution in [0.25, 0.3) is 0 Å². The molecule has 58 valence electrons. The highest BCUT2D eigenvalue weighted by Crippen LogP contribution is 2.13. The summed E-state index contributed by atoms with van der Waals surface area (Å²) in [5.41, 5.74) is -0.655. The second-order valence-electron chi connectivity index (χ2n) is 2.26. The van der Waals surface area contributed by atoms with Gasteiger partial charge in [0.25, 0.3) is 0 Å². The predicted octanol–water partition coefficient (Wildman–Crippen LogP) is 0.540. The first-order valence-electron chi connectivity index (χ1n) is 2.95. The second kappa shape index (κ2) is 3.67. The van der Waals surface area contributed by atoms with Gasteiger partial charge in [0.2, 0.25) is 0 Å². The van der Waals surface area contributed by atoms with Gasteiger partial charge in [-0.3, -0.25) is 9.59 Å². The van der Waals surface area contributed by atoms with Crippen LogP contribution in [-0.4, -0.2) is 22.5 Å². The van der Waals surface area contributed by atoms with E-state index >= 15 is 0 Å². The third kappa shape index (κ3) is 2.44. The second-order valence-corrected chi connectivity index (χ2v) is 2.98. The summed E-state index contributed by atoms with van der Waals surface area (Å²) in [6, 6.07) is 0. The Balaban J connectivity index is 4.07. The van der Waals surface area contributed by atoms with E-state index in [4.69, 9.17) is 5.11 Å². The van der Waals surface area contributed by atoms with Gasteiger partial charge in [-0.15, -0.1) is 9.24 Å². The molecule has 0 amide bonds. The van der Waals surface area contributed by atoms with Crippen LogP contribution < -0.4 is 0 Å². The largest absolute Gasteiger partial charge is 0.481 e. The van der Waals surface area contributed by atoms with Crippen molar-refractivity contribution in [2.75, 3.05) is 0 Å². The Labute approximate surface area is 62.0 Å². The minimum absolute atomic E-state index is 0.0950. The zero-order valence-corrected chi connectivity index (χ0v) is 7.15. The fraction of sp³-hybridized carbons (Fsp3) is 0.667. The molecule has 10 heavy (non-hydrogen) atoms. The van der Waals surface area contributed by atoms with Gasteiger partial charge in [-0.2, -0.15) is 0 Å². The Bertz CT molecular complexity index is 137. The van der Waals surface area contributed by atoms with Crippen LogP contribution in [0.3, 0.4) is 0 Å². The van der Waals surface area contributed by atoms with E-state index in [1.807, 2.05) is 0 Å². The minimum Gasteiger partial charge on any atom is -0.481 e. The van der Waals surface area contributed by atoms with Gasteiger partial charge >= 0.3 is 5.97 Å². The van der Waals surface area contributed by atoms with Crippen LogP contribution in [-0.2, 0) is 9.59 Å². The van der Waals surface area contributed by atoms with Crippen molar-refractivity contribution in [1.82, 2.24) is 0 Å². The molecule has 3 unspecified atom stereocenters. The third-order valence-corrected chi connectivity index (χ3v) is 2.33. The van der Waals surface area contributed by atoms with Gasteiger partial charge in [0, 0.05) is 5.92 Å². The van der Waals surface area contributed by atoms with E-state index in [-0.39, 0.29) is 5.78 Å². The van der Waals surface area contributed by atoms with Crippen LogP contribution in [0.5, 0.6) is 0 Å². The summed E-state index contributed by atoms with van der Waals surface area (Å²) < 4.78 is 0. The van der Waals surface area contributed by atoms with E-state index < -0.39 is 17.5 Å². The molecule has 0 aliphatic rings. The molecule has 0 rings (SSSR count). The molecule has 0 saturated carbocycles. The van der Waals surface area contributed by atoms with Crippen molar-refractivity contribution in [2.45, 2.75) is 19.5 Å². The average Bonchev–Trinajstić information content (AvgIpc) is 1.84. The Hall–Kier alpha value is -0.430. The van der Waals surface area contributed by atoms with E-state index in [9.17, 15) is 9.59 Å². The standard InChI is InChI=1S/C6H11O3P/c1-3(4(2)7)5(10)6(8)9/h3,5H,10H2,1-2H3,(H,8,9). The number of carboxylic acids is 1. The van der Waals surface area contributed by atoms with Crippen LogP contribution >= 0.6 is 9.24 Å². The number of Topliss-reactive ketones (excluding diaryl/α,β-unsaturated/α-hetero) is 1. The topological polar surface area (TPSA) is 54.4 Å². The van der Waals surface area contributed by atoms with E-state index in [1.54, 1.807) is 6.92 Å². The van der Waals surface area contributed by atoms with Crippen molar-refractivity contribution in [3.63, 3.8) is 0 Å². The maximum absolute atomic E-state index is 10.6. The molecule has 0 heterocycles. The number of hydrogen-bond acceptors (Lipinski definition) is 2. The zero-order valence-electron chi connectivity index (χ0n) is 6.00. The Morgan fingerprint density at radius 1 is 1.50 bits per heavy atom. The van der Waals surface area contributed by atoms with E-state index in [2.05, 4.69) is 9.24 Å². The molecule has 0 aliphatic heterocycles. The smallest absolute Gasteiger partial charge is 0.311 e. The molecule has 0 spiro atoms. The maximum atomic E-state index is 10.6. The number of ketones is 1. The summed E-state index contributed by atoms with van der Waals surface area (Å²) in [4.78, 5) is 20.9. The van der Waals surface area contributed by atoms with Crippen LogP contribution in [0.15, 0.2) is 0 Å². The van der Waals surface area contributed by atoms with Gasteiger partial charge in [0.1, 0.15) is 5.78 Å². The summed E-state index contributed by atoms with van der Waals surface area (Å²) in [5.74, 6) is -1.46. The van der Waals surface area contributed by atoms with Crippen LogP contribution in [0.2, 0.25) is 0 Å². The van der Waals surface area contributed by atoms with Crippen LogP contribution in [0, 0.1) is 5.92 Å². The van der Waals surface area contributed by atoms with Crippen molar-refractivity contribution in [3.8, 4) is 0 Å². The number of aliphatic carboxylic acids is 1. The van der Waals surface area contributed by atoms with Gasteiger partial charge < -0.3 is 5.11 Å². The van der Waals surface area contributed by atoms with E-state index in [0.29, 0.717) is 0 Å². The third-order valence-electron chi connectivity index (χ3n) is 1.47. The summed E-state index contributed by atoms with van der Waals surface area (Å²) in [7, 11) is 2.14. The van der Waals surface area contributed by atoms with Crippen molar-refractivity contribution in [2.24, 2.45) is 5.92 Å². The minimum atomic E-state index is -0.951. The van der Waals surface area contributed by atoms with Gasteiger partial charge in [0.15, 0.2) is 0 Å². The molecule has 3 atom stereocenters. The monoisotopic (exact) mass is 162 g/mol. The molecule has 1 N–H and O–H groups in total. The summed E-state index contributed by atoms with van der Waals surface area (Å²) >= 11 is 0. The SMILES string of the molecule is CC(=O)C(C)C(P)C(=O)O. The lowest BCUT2D eigenvalue weighted by atomic mass is 10.0. The quantitative estimate of drug-likeness (QED) is 0.616. The van der Waals surface area contributed by atoms with Crippen molar-refractivity contribution < 1.29 is 14.7 Å². The highest BCUT2D eigenvalue weighted by atomic mass is 31.0. The van der Waals surface area contributed by atoms with Crippen LogP contribution in [0.1, 0.15) is 13.8 Å². The molecule has 0 fully saturated rings. The predicted molar refractivity (Wildman–Crippen MR) is 41.0 cm³/mol. The summed E-state index contributed by atoms with van der Waals surface area (Å²) in [6.07, 6.45) is 0. The van der Waals surface area contributed by atoms with Crippen molar-refractivity contribution >= 4 is 21.0 Å². The number of carbonyl (C=O) groups excluding carboxylic acids is 1. The molecule has 0 aromatic rings. The molecule has 0 bridgehead atoms. The molecule has 3 nitrogen and oxygen atoms in total. The molecular weight excluding hydrogens is 151 g/mol. The molecule has 0 aliphatic carbocycles. The molecule has 0 aromatic heterocycles. The number of rotatable bonds is 3. The van der Waals surface area contributed by atoms with Crippen LogP contribution in [0.4, 0.5) is 0 Å². The molecule has 0 radical (unpaired) electrons. The molecule has 0 aromatic carbocycles. The molecule has 0 saturated heterocycles. The molecule has 4 heteroatoms. The van der Waals surface area contributed by atoms with Gasteiger partial charge in [0.05, 0.1) is 5.66 Å². The molecular formula is C6H11O3P. The number of carbonyl (C=O) groups is 2. The lowest BCUT2D eigenvalue weighted by Gasteiger charge is -2.10.